The molecule has 0 spiro atoms. The topological polar surface area (TPSA) is 59.9 Å². The molecule has 2 aromatic carbocycles. The number of hydrazone groups is 1. The molecule has 5 heteroatoms. The second-order valence-electron chi connectivity index (χ2n) is 5.01. The van der Waals surface area contributed by atoms with E-state index in [-0.39, 0.29) is 12.5 Å². The Morgan fingerprint density at radius 1 is 1.23 bits per heavy atom. The zero-order valence-electron chi connectivity index (χ0n) is 12.2. The minimum Gasteiger partial charge on any atom is -0.485 e. The van der Waals surface area contributed by atoms with E-state index in [0.29, 0.717) is 11.5 Å². The predicted octanol–water partition coefficient (Wildman–Crippen LogP) is 2.29. The summed E-state index contributed by atoms with van der Waals surface area (Å²) in [7, 11) is 0. The van der Waals surface area contributed by atoms with Gasteiger partial charge in [-0.05, 0) is 24.6 Å². The highest BCUT2D eigenvalue weighted by molar-refractivity contribution is 5.85. The molecule has 1 heterocycles. The van der Waals surface area contributed by atoms with Crippen molar-refractivity contribution in [3.8, 4) is 11.5 Å². The number of carbonyl (C=O) groups is 1. The van der Waals surface area contributed by atoms with Crippen molar-refractivity contribution in [1.29, 1.82) is 0 Å². The lowest BCUT2D eigenvalue weighted by Crippen LogP contribution is -2.42. The van der Waals surface area contributed by atoms with Gasteiger partial charge in [-0.3, -0.25) is 4.79 Å². The van der Waals surface area contributed by atoms with Gasteiger partial charge in [0.25, 0.3) is 5.91 Å². The molecule has 1 atom stereocenters. The maximum Gasteiger partial charge on any atom is 0.284 e. The van der Waals surface area contributed by atoms with Crippen LogP contribution in [0.3, 0.4) is 0 Å². The van der Waals surface area contributed by atoms with E-state index in [4.69, 9.17) is 9.47 Å². The zero-order valence-corrected chi connectivity index (χ0v) is 12.2. The first-order valence-corrected chi connectivity index (χ1v) is 7.00. The number of rotatable bonds is 3. The molecule has 0 aromatic heterocycles. The van der Waals surface area contributed by atoms with E-state index in [2.05, 4.69) is 10.5 Å². The second kappa shape index (κ2) is 6.30. The molecule has 0 aliphatic carbocycles. The first-order valence-electron chi connectivity index (χ1n) is 7.00. The summed E-state index contributed by atoms with van der Waals surface area (Å²) in [6, 6.07) is 15.1. The average molecular weight is 296 g/mol. The van der Waals surface area contributed by atoms with Crippen molar-refractivity contribution in [2.24, 2.45) is 5.10 Å². The number of fused-ring (bicyclic) bond motifs is 1. The summed E-state index contributed by atoms with van der Waals surface area (Å²) >= 11 is 0. The first kappa shape index (κ1) is 14.1. The molecule has 112 valence electrons. The van der Waals surface area contributed by atoms with E-state index >= 15 is 0 Å². The summed E-state index contributed by atoms with van der Waals surface area (Å²) in [4.78, 5) is 12.0. The highest BCUT2D eigenvalue weighted by atomic mass is 16.6. The van der Waals surface area contributed by atoms with Gasteiger partial charge < -0.3 is 9.47 Å². The van der Waals surface area contributed by atoms with Gasteiger partial charge in [-0.2, -0.15) is 5.10 Å². The van der Waals surface area contributed by atoms with Crippen LogP contribution in [0.1, 0.15) is 11.1 Å². The number of hydrogen-bond donors (Lipinski definition) is 1. The molecule has 1 amide bonds. The number of amides is 1. The van der Waals surface area contributed by atoms with Gasteiger partial charge >= 0.3 is 0 Å². The number of nitrogens with zero attached hydrogens (tertiary/aromatic N) is 1. The van der Waals surface area contributed by atoms with Crippen LogP contribution in [0.4, 0.5) is 0 Å². The van der Waals surface area contributed by atoms with Crippen LogP contribution in [-0.2, 0) is 4.79 Å². The maximum atomic E-state index is 12.0. The Bertz CT molecular complexity index is 713. The van der Waals surface area contributed by atoms with Crippen LogP contribution in [0.5, 0.6) is 11.5 Å². The lowest BCUT2D eigenvalue weighted by atomic mass is 10.2. The van der Waals surface area contributed by atoms with E-state index in [0.717, 1.165) is 11.1 Å². The Labute approximate surface area is 128 Å². The second-order valence-corrected chi connectivity index (χ2v) is 5.01. The Morgan fingerprint density at radius 2 is 2.05 bits per heavy atom. The lowest BCUT2D eigenvalue weighted by molar-refractivity contribution is -0.130. The van der Waals surface area contributed by atoms with E-state index in [1.165, 1.54) is 0 Å². The van der Waals surface area contributed by atoms with E-state index in [9.17, 15) is 4.79 Å². The Kier molecular flexibility index (Phi) is 4.05. The van der Waals surface area contributed by atoms with Gasteiger partial charge in [0, 0.05) is 0 Å². The minimum absolute atomic E-state index is 0.169. The van der Waals surface area contributed by atoms with Crippen molar-refractivity contribution >= 4 is 12.1 Å². The van der Waals surface area contributed by atoms with Gasteiger partial charge in [-0.25, -0.2) is 5.43 Å². The molecule has 1 N–H and O–H groups in total. The standard InChI is InChI=1S/C17H16N2O3/c1-12-5-4-6-13(9-12)10-18-19-17(20)16-11-21-14-7-2-3-8-15(14)22-16/h2-10,16H,11H2,1H3,(H,19,20)/b18-10-/t16-/m0/s1. The van der Waals surface area contributed by atoms with Crippen LogP contribution in [0, 0.1) is 6.92 Å². The average Bonchev–Trinajstić information content (AvgIpc) is 2.54. The number of benzene rings is 2. The van der Waals surface area contributed by atoms with Gasteiger partial charge in [0.2, 0.25) is 6.10 Å². The smallest absolute Gasteiger partial charge is 0.284 e. The molecule has 3 rings (SSSR count). The summed E-state index contributed by atoms with van der Waals surface area (Å²) in [5.41, 5.74) is 4.53. The van der Waals surface area contributed by atoms with Gasteiger partial charge in [0.05, 0.1) is 6.21 Å². The van der Waals surface area contributed by atoms with E-state index < -0.39 is 6.10 Å². The molecule has 0 radical (unpaired) electrons. The number of hydrogen-bond acceptors (Lipinski definition) is 4. The Balaban J connectivity index is 1.59. The van der Waals surface area contributed by atoms with Crippen molar-refractivity contribution < 1.29 is 14.3 Å². The molecule has 0 unspecified atom stereocenters. The van der Waals surface area contributed by atoms with Crippen molar-refractivity contribution in [2.75, 3.05) is 6.61 Å². The molecular formula is C17H16N2O3. The molecule has 1 aliphatic heterocycles. The van der Waals surface area contributed by atoms with Crippen LogP contribution in [-0.4, -0.2) is 24.8 Å². The van der Waals surface area contributed by atoms with Crippen LogP contribution in [0.25, 0.3) is 0 Å². The third kappa shape index (κ3) is 3.25. The Hall–Kier alpha value is -2.82. The number of para-hydroxylation sites is 2. The van der Waals surface area contributed by atoms with Crippen LogP contribution >= 0.6 is 0 Å². The highest BCUT2D eigenvalue weighted by Crippen LogP contribution is 2.30. The number of carbonyl (C=O) groups excluding carboxylic acids is 1. The normalized spacial score (nSPS) is 16.5. The fourth-order valence-corrected chi connectivity index (χ4v) is 2.14. The van der Waals surface area contributed by atoms with E-state index in [1.807, 2.05) is 43.3 Å². The van der Waals surface area contributed by atoms with Crippen LogP contribution in [0.2, 0.25) is 0 Å². The molecule has 0 fully saturated rings. The SMILES string of the molecule is Cc1cccc(/C=N\NC(=O)[C@@H]2COc3ccccc3O2)c1. The van der Waals surface area contributed by atoms with Crippen molar-refractivity contribution in [3.63, 3.8) is 0 Å². The third-order valence-electron chi connectivity index (χ3n) is 3.23. The van der Waals surface area contributed by atoms with Crippen LogP contribution < -0.4 is 14.9 Å². The molecule has 0 saturated carbocycles. The van der Waals surface area contributed by atoms with Gasteiger partial charge in [0.1, 0.15) is 6.61 Å². The number of nitrogens with one attached hydrogen (secondary N) is 1. The molecule has 2 aromatic rings. The summed E-state index contributed by atoms with van der Waals surface area (Å²) in [6.45, 7) is 2.17. The summed E-state index contributed by atoms with van der Waals surface area (Å²) in [5, 5.41) is 3.95. The molecule has 22 heavy (non-hydrogen) atoms. The zero-order chi connectivity index (χ0) is 15.4. The predicted molar refractivity (Wildman–Crippen MR) is 83.3 cm³/mol. The molecule has 5 nitrogen and oxygen atoms in total. The number of aryl methyl sites for hydroxylation is 1. The quantitative estimate of drug-likeness (QED) is 0.698. The summed E-state index contributed by atoms with van der Waals surface area (Å²) in [6.07, 6.45) is 0.896. The largest absolute Gasteiger partial charge is 0.485 e. The lowest BCUT2D eigenvalue weighted by Gasteiger charge is -2.24. The monoisotopic (exact) mass is 296 g/mol. The third-order valence-corrected chi connectivity index (χ3v) is 3.23. The molecule has 0 saturated heterocycles. The van der Waals surface area contributed by atoms with E-state index in [1.54, 1.807) is 18.3 Å². The number of ether oxygens (including phenoxy) is 2. The highest BCUT2D eigenvalue weighted by Gasteiger charge is 2.26. The fourth-order valence-electron chi connectivity index (χ4n) is 2.14. The van der Waals surface area contributed by atoms with Gasteiger partial charge in [-0.1, -0.05) is 42.0 Å². The van der Waals surface area contributed by atoms with Crippen LogP contribution in [0.15, 0.2) is 53.6 Å². The maximum absolute atomic E-state index is 12.0. The van der Waals surface area contributed by atoms with Gasteiger partial charge in [-0.15, -0.1) is 0 Å². The molecule has 1 aliphatic rings. The first-order chi connectivity index (χ1) is 10.7. The Morgan fingerprint density at radius 3 is 2.86 bits per heavy atom. The molecular weight excluding hydrogens is 280 g/mol. The van der Waals surface area contributed by atoms with Crippen molar-refractivity contribution in [1.82, 2.24) is 5.43 Å². The minimum atomic E-state index is -0.704. The van der Waals surface area contributed by atoms with Crippen molar-refractivity contribution in [3.05, 3.63) is 59.7 Å². The fraction of sp³-hybridized carbons (Fsp3) is 0.176. The molecule has 0 bridgehead atoms. The summed E-state index contributed by atoms with van der Waals surface area (Å²) in [5.74, 6) is 0.879. The van der Waals surface area contributed by atoms with Crippen molar-refractivity contribution in [2.45, 2.75) is 13.0 Å². The summed E-state index contributed by atoms with van der Waals surface area (Å²) < 4.78 is 11.1. The van der Waals surface area contributed by atoms with Gasteiger partial charge in [0.15, 0.2) is 11.5 Å².